The number of aryl methyl sites for hydroxylation is 1. The van der Waals surface area contributed by atoms with Gasteiger partial charge >= 0.3 is 0 Å². The summed E-state index contributed by atoms with van der Waals surface area (Å²) >= 11 is 0. The van der Waals surface area contributed by atoms with Crippen LogP contribution in [0.5, 0.6) is 0 Å². The van der Waals surface area contributed by atoms with E-state index in [1.54, 1.807) is 6.92 Å². The molecular formula is C11H13N3O5. The lowest BCUT2D eigenvalue weighted by Gasteiger charge is -2.08. The second-order valence-corrected chi connectivity index (χ2v) is 3.89. The number of rotatable bonds is 5. The van der Waals surface area contributed by atoms with E-state index in [-0.39, 0.29) is 17.8 Å². The number of nitrogens with one attached hydrogen (secondary N) is 1. The van der Waals surface area contributed by atoms with Crippen molar-refractivity contribution < 1.29 is 19.6 Å². The normalized spacial score (nSPS) is 11.7. The number of carbonyl (C=O) groups is 2. The highest BCUT2D eigenvalue weighted by Crippen LogP contribution is 2.19. The fourth-order valence-corrected chi connectivity index (χ4v) is 1.34. The van der Waals surface area contributed by atoms with Crippen LogP contribution < -0.4 is 11.1 Å². The molecule has 8 nitrogen and oxygen atoms in total. The Labute approximate surface area is 108 Å². The molecule has 0 fully saturated rings. The van der Waals surface area contributed by atoms with E-state index >= 15 is 0 Å². The molecule has 0 saturated carbocycles. The van der Waals surface area contributed by atoms with Crippen molar-refractivity contribution in [3.8, 4) is 0 Å². The number of aliphatic hydroxyl groups excluding tert-OH is 1. The first kappa shape index (κ1) is 14.6. The minimum atomic E-state index is -1.50. The van der Waals surface area contributed by atoms with Crippen molar-refractivity contribution in [2.24, 2.45) is 5.73 Å². The van der Waals surface area contributed by atoms with Gasteiger partial charge in [-0.3, -0.25) is 19.7 Å². The van der Waals surface area contributed by atoms with Crippen LogP contribution in [0.1, 0.15) is 15.9 Å². The van der Waals surface area contributed by atoms with Crippen molar-refractivity contribution in [2.45, 2.75) is 13.0 Å². The van der Waals surface area contributed by atoms with Gasteiger partial charge in [-0.15, -0.1) is 0 Å². The van der Waals surface area contributed by atoms with Crippen molar-refractivity contribution in [2.75, 3.05) is 6.54 Å². The Morgan fingerprint density at radius 1 is 1.53 bits per heavy atom. The molecule has 0 aliphatic carbocycles. The predicted octanol–water partition coefficient (Wildman–Crippen LogP) is -0.521. The van der Waals surface area contributed by atoms with Gasteiger partial charge in [0.15, 0.2) is 0 Å². The zero-order valence-electron chi connectivity index (χ0n) is 10.1. The van der Waals surface area contributed by atoms with E-state index in [2.05, 4.69) is 5.32 Å². The quantitative estimate of drug-likeness (QED) is 0.487. The zero-order valence-corrected chi connectivity index (χ0v) is 10.1. The van der Waals surface area contributed by atoms with Gasteiger partial charge in [-0.25, -0.2) is 0 Å². The van der Waals surface area contributed by atoms with Crippen molar-refractivity contribution in [3.05, 3.63) is 39.4 Å². The third kappa shape index (κ3) is 3.75. The number of nitro groups is 1. The molecule has 0 aliphatic rings. The van der Waals surface area contributed by atoms with E-state index in [4.69, 9.17) is 10.8 Å². The van der Waals surface area contributed by atoms with E-state index < -0.39 is 22.8 Å². The first-order valence-electron chi connectivity index (χ1n) is 5.33. The number of nitro benzene ring substituents is 1. The minimum Gasteiger partial charge on any atom is -0.381 e. The van der Waals surface area contributed by atoms with Crippen molar-refractivity contribution in [1.29, 1.82) is 0 Å². The summed E-state index contributed by atoms with van der Waals surface area (Å²) in [7, 11) is 0. The number of nitrogens with zero attached hydrogens (tertiary/aromatic N) is 1. The van der Waals surface area contributed by atoms with Crippen LogP contribution in [0.3, 0.4) is 0 Å². The number of primary amides is 1. The second-order valence-electron chi connectivity index (χ2n) is 3.89. The fourth-order valence-electron chi connectivity index (χ4n) is 1.34. The van der Waals surface area contributed by atoms with Gasteiger partial charge in [-0.05, 0) is 13.0 Å². The summed E-state index contributed by atoms with van der Waals surface area (Å²) in [6.07, 6.45) is -1.50. The molecule has 0 saturated heterocycles. The number of aliphatic hydroxyl groups is 1. The van der Waals surface area contributed by atoms with Crippen LogP contribution >= 0.6 is 0 Å². The molecule has 1 atom stereocenters. The summed E-state index contributed by atoms with van der Waals surface area (Å²) in [5.74, 6) is -1.60. The average molecular weight is 267 g/mol. The summed E-state index contributed by atoms with van der Waals surface area (Å²) in [5, 5.41) is 22.1. The van der Waals surface area contributed by atoms with Crippen LogP contribution in [0.15, 0.2) is 18.2 Å². The molecule has 0 bridgehead atoms. The molecule has 0 spiro atoms. The van der Waals surface area contributed by atoms with Gasteiger partial charge in [-0.2, -0.15) is 0 Å². The van der Waals surface area contributed by atoms with E-state index in [9.17, 15) is 19.7 Å². The van der Waals surface area contributed by atoms with Crippen LogP contribution in [0.25, 0.3) is 0 Å². The van der Waals surface area contributed by atoms with Crippen LogP contribution in [-0.4, -0.2) is 34.5 Å². The lowest BCUT2D eigenvalue weighted by Crippen LogP contribution is -2.39. The molecule has 102 valence electrons. The van der Waals surface area contributed by atoms with Gasteiger partial charge < -0.3 is 16.2 Å². The standard InChI is InChI=1S/C11H13N3O5/c1-6-2-3-7(4-8(6)14(18)19)11(17)13-5-9(15)10(12)16/h2-4,9,15H,5H2,1H3,(H2,12,16)(H,13,17). The number of amides is 2. The van der Waals surface area contributed by atoms with Crippen molar-refractivity contribution in [1.82, 2.24) is 5.32 Å². The Balaban J connectivity index is 2.80. The van der Waals surface area contributed by atoms with Gasteiger partial charge in [0.2, 0.25) is 5.91 Å². The maximum absolute atomic E-state index is 11.7. The number of benzene rings is 1. The summed E-state index contributed by atoms with van der Waals surface area (Å²) in [5.41, 5.74) is 5.13. The van der Waals surface area contributed by atoms with Crippen LogP contribution in [0.4, 0.5) is 5.69 Å². The maximum Gasteiger partial charge on any atom is 0.273 e. The molecule has 0 aliphatic heterocycles. The smallest absolute Gasteiger partial charge is 0.273 e. The predicted molar refractivity (Wildman–Crippen MR) is 65.4 cm³/mol. The Hall–Kier alpha value is -2.48. The third-order valence-electron chi connectivity index (χ3n) is 2.45. The molecule has 8 heteroatoms. The Kier molecular flexibility index (Phi) is 4.54. The molecular weight excluding hydrogens is 254 g/mol. The topological polar surface area (TPSA) is 136 Å². The van der Waals surface area contributed by atoms with E-state index in [1.165, 1.54) is 12.1 Å². The summed E-state index contributed by atoms with van der Waals surface area (Å²) in [6, 6.07) is 3.98. The molecule has 1 aromatic carbocycles. The van der Waals surface area contributed by atoms with Crippen LogP contribution in [0, 0.1) is 17.0 Å². The van der Waals surface area contributed by atoms with E-state index in [0.29, 0.717) is 5.56 Å². The lowest BCUT2D eigenvalue weighted by atomic mass is 10.1. The lowest BCUT2D eigenvalue weighted by molar-refractivity contribution is -0.385. The number of nitrogens with two attached hydrogens (primary N) is 1. The number of hydrogen-bond acceptors (Lipinski definition) is 5. The average Bonchev–Trinajstić information content (AvgIpc) is 2.35. The maximum atomic E-state index is 11.7. The molecule has 1 unspecified atom stereocenters. The summed E-state index contributed by atoms with van der Waals surface area (Å²) in [6.45, 7) is 1.20. The van der Waals surface area contributed by atoms with Crippen LogP contribution in [-0.2, 0) is 4.79 Å². The van der Waals surface area contributed by atoms with Gasteiger partial charge in [0.05, 0.1) is 11.5 Å². The first-order valence-corrected chi connectivity index (χ1v) is 5.33. The monoisotopic (exact) mass is 267 g/mol. The summed E-state index contributed by atoms with van der Waals surface area (Å²) in [4.78, 5) is 32.4. The molecule has 1 aromatic rings. The van der Waals surface area contributed by atoms with Gasteiger partial charge in [0.1, 0.15) is 6.10 Å². The Morgan fingerprint density at radius 2 is 2.16 bits per heavy atom. The molecule has 1 rings (SSSR count). The highest BCUT2D eigenvalue weighted by molar-refractivity contribution is 5.95. The van der Waals surface area contributed by atoms with Gasteiger partial charge in [0, 0.05) is 17.2 Å². The Bertz CT molecular complexity index is 529. The van der Waals surface area contributed by atoms with Crippen molar-refractivity contribution >= 4 is 17.5 Å². The van der Waals surface area contributed by atoms with E-state index in [1.807, 2.05) is 0 Å². The second kappa shape index (κ2) is 5.91. The van der Waals surface area contributed by atoms with Crippen molar-refractivity contribution in [3.63, 3.8) is 0 Å². The minimum absolute atomic E-state index is 0.0639. The van der Waals surface area contributed by atoms with E-state index in [0.717, 1.165) is 6.07 Å². The third-order valence-corrected chi connectivity index (χ3v) is 2.45. The summed E-state index contributed by atoms with van der Waals surface area (Å²) < 4.78 is 0. The molecule has 0 radical (unpaired) electrons. The van der Waals surface area contributed by atoms with Gasteiger partial charge in [-0.1, -0.05) is 6.07 Å². The molecule has 0 heterocycles. The van der Waals surface area contributed by atoms with Gasteiger partial charge in [0.25, 0.3) is 11.6 Å². The largest absolute Gasteiger partial charge is 0.381 e. The fraction of sp³-hybridized carbons (Fsp3) is 0.273. The molecule has 2 amide bonds. The molecule has 19 heavy (non-hydrogen) atoms. The SMILES string of the molecule is Cc1ccc(C(=O)NCC(O)C(N)=O)cc1[N+](=O)[O-]. The zero-order chi connectivity index (χ0) is 14.6. The Morgan fingerprint density at radius 3 is 2.68 bits per heavy atom. The highest BCUT2D eigenvalue weighted by atomic mass is 16.6. The molecule has 4 N–H and O–H groups in total. The highest BCUT2D eigenvalue weighted by Gasteiger charge is 2.17. The first-order chi connectivity index (χ1) is 8.82. The van der Waals surface area contributed by atoms with Crippen LogP contribution in [0.2, 0.25) is 0 Å². The number of hydrogen-bond donors (Lipinski definition) is 3. The molecule has 0 aromatic heterocycles. The number of carbonyl (C=O) groups excluding carboxylic acids is 2.